The third kappa shape index (κ3) is 3.08. The molecule has 6 nitrogen and oxygen atoms in total. The van der Waals surface area contributed by atoms with Gasteiger partial charge in [0.05, 0.1) is 6.04 Å². The van der Waals surface area contributed by atoms with E-state index in [0.29, 0.717) is 11.8 Å². The molecule has 2 saturated heterocycles. The number of likely N-dealkylation sites (tertiary alicyclic amines) is 1. The van der Waals surface area contributed by atoms with Crippen LogP contribution in [0.2, 0.25) is 0 Å². The van der Waals surface area contributed by atoms with Gasteiger partial charge in [0.1, 0.15) is 6.04 Å². The molecule has 3 heterocycles. The molecule has 0 saturated carbocycles. The van der Waals surface area contributed by atoms with Gasteiger partial charge < -0.3 is 9.32 Å². The van der Waals surface area contributed by atoms with Gasteiger partial charge in [-0.1, -0.05) is 0 Å². The Labute approximate surface area is 129 Å². The molecule has 0 aliphatic carbocycles. The summed E-state index contributed by atoms with van der Waals surface area (Å²) < 4.78 is 5.54. The number of hydrogen-bond acceptors (Lipinski definition) is 6. The molecule has 0 unspecified atom stereocenters. The summed E-state index contributed by atoms with van der Waals surface area (Å²) in [6, 6.07) is -0.101. The monoisotopic (exact) mass is 310 g/mol. The number of aromatic nitrogens is 2. The molecular weight excluding hydrogens is 288 g/mol. The summed E-state index contributed by atoms with van der Waals surface area (Å²) >= 11 is 1.96. The van der Waals surface area contributed by atoms with Crippen LogP contribution in [0.4, 0.5) is 0 Å². The van der Waals surface area contributed by atoms with Crippen molar-refractivity contribution in [3.05, 3.63) is 11.8 Å². The Kier molecular flexibility index (Phi) is 4.49. The van der Waals surface area contributed by atoms with Crippen LogP contribution >= 0.6 is 11.8 Å². The van der Waals surface area contributed by atoms with Crippen LogP contribution in [0.25, 0.3) is 0 Å². The van der Waals surface area contributed by atoms with Crippen molar-refractivity contribution in [1.82, 2.24) is 20.0 Å². The quantitative estimate of drug-likeness (QED) is 0.843. The maximum absolute atomic E-state index is 12.8. The van der Waals surface area contributed by atoms with Crippen molar-refractivity contribution >= 4 is 17.7 Å². The molecule has 1 aromatic rings. The van der Waals surface area contributed by atoms with Gasteiger partial charge in [-0.3, -0.25) is 9.69 Å². The lowest BCUT2D eigenvalue weighted by molar-refractivity contribution is -0.137. The van der Waals surface area contributed by atoms with E-state index < -0.39 is 0 Å². The fourth-order valence-corrected chi connectivity index (χ4v) is 4.03. The number of rotatable bonds is 3. The molecule has 0 bridgehead atoms. The molecule has 2 fully saturated rings. The number of thioether (sulfide) groups is 1. The van der Waals surface area contributed by atoms with Crippen molar-refractivity contribution in [2.45, 2.75) is 38.8 Å². The van der Waals surface area contributed by atoms with E-state index >= 15 is 0 Å². The van der Waals surface area contributed by atoms with Crippen molar-refractivity contribution in [1.29, 1.82) is 0 Å². The van der Waals surface area contributed by atoms with E-state index in [-0.39, 0.29) is 18.0 Å². The Morgan fingerprint density at radius 3 is 2.76 bits per heavy atom. The second-order valence-electron chi connectivity index (χ2n) is 5.67. The first-order valence-corrected chi connectivity index (χ1v) is 8.74. The van der Waals surface area contributed by atoms with Crippen LogP contribution in [0.15, 0.2) is 4.42 Å². The largest absolute Gasteiger partial charge is 0.423 e. The van der Waals surface area contributed by atoms with E-state index in [9.17, 15) is 4.79 Å². The zero-order valence-electron chi connectivity index (χ0n) is 12.6. The lowest BCUT2D eigenvalue weighted by atomic mass is 10.2. The van der Waals surface area contributed by atoms with Crippen molar-refractivity contribution in [3.63, 3.8) is 0 Å². The van der Waals surface area contributed by atoms with Crippen molar-refractivity contribution in [2.75, 3.05) is 31.1 Å². The molecule has 0 radical (unpaired) electrons. The third-order valence-corrected chi connectivity index (χ3v) is 5.26. The normalized spacial score (nSPS) is 25.2. The van der Waals surface area contributed by atoms with Crippen LogP contribution in [0, 0.1) is 6.92 Å². The zero-order chi connectivity index (χ0) is 14.8. The molecule has 1 aromatic heterocycles. The van der Waals surface area contributed by atoms with Crippen molar-refractivity contribution in [2.24, 2.45) is 0 Å². The van der Waals surface area contributed by atoms with E-state index in [1.165, 1.54) is 0 Å². The summed E-state index contributed by atoms with van der Waals surface area (Å²) in [6.07, 6.45) is 1.91. The smallest absolute Gasteiger partial charge is 0.240 e. The van der Waals surface area contributed by atoms with Crippen LogP contribution in [-0.4, -0.2) is 63.1 Å². The van der Waals surface area contributed by atoms with Crippen molar-refractivity contribution < 1.29 is 9.21 Å². The summed E-state index contributed by atoms with van der Waals surface area (Å²) in [5, 5.41) is 8.00. The summed E-state index contributed by atoms with van der Waals surface area (Å²) in [7, 11) is 0. The lowest BCUT2D eigenvalue weighted by Crippen LogP contribution is -2.49. The highest BCUT2D eigenvalue weighted by atomic mass is 32.2. The molecule has 0 spiro atoms. The number of carbonyl (C=O) groups is 1. The molecule has 1 amide bonds. The van der Waals surface area contributed by atoms with E-state index in [0.717, 1.165) is 44.0 Å². The van der Waals surface area contributed by atoms with Gasteiger partial charge in [-0.05, 0) is 19.8 Å². The highest BCUT2D eigenvalue weighted by molar-refractivity contribution is 7.99. The number of nitrogens with zero attached hydrogens (tertiary/aromatic N) is 4. The van der Waals surface area contributed by atoms with Crippen LogP contribution < -0.4 is 0 Å². The van der Waals surface area contributed by atoms with Gasteiger partial charge in [-0.2, -0.15) is 11.8 Å². The van der Waals surface area contributed by atoms with Crippen LogP contribution in [0.5, 0.6) is 0 Å². The molecule has 0 N–H and O–H groups in total. The molecule has 2 atom stereocenters. The fourth-order valence-electron chi connectivity index (χ4n) is 3.09. The number of carbonyl (C=O) groups excluding carboxylic acids is 1. The maximum atomic E-state index is 12.8. The molecule has 21 heavy (non-hydrogen) atoms. The summed E-state index contributed by atoms with van der Waals surface area (Å²) in [5.41, 5.74) is 0. The van der Waals surface area contributed by atoms with E-state index in [4.69, 9.17) is 4.42 Å². The Morgan fingerprint density at radius 2 is 2.10 bits per heavy atom. The summed E-state index contributed by atoms with van der Waals surface area (Å²) in [4.78, 5) is 17.0. The first-order chi connectivity index (χ1) is 10.2. The van der Waals surface area contributed by atoms with E-state index in [1.807, 2.05) is 23.6 Å². The van der Waals surface area contributed by atoms with Gasteiger partial charge in [0.2, 0.25) is 17.7 Å². The van der Waals surface area contributed by atoms with Gasteiger partial charge in [0, 0.05) is 38.1 Å². The maximum Gasteiger partial charge on any atom is 0.240 e. The predicted octanol–water partition coefficient (Wildman–Crippen LogP) is 1.48. The Bertz CT molecular complexity index is 501. The first kappa shape index (κ1) is 14.8. The van der Waals surface area contributed by atoms with E-state index in [2.05, 4.69) is 15.1 Å². The standard InChI is InChI=1S/C14H22N4O2S/c1-10(17-6-8-21-9-7-17)14(19)18-5-3-4-12(18)13-16-15-11(2)20-13/h10,12H,3-9H2,1-2H3/t10-,12+/m0/s1. The fraction of sp³-hybridized carbons (Fsp3) is 0.786. The lowest BCUT2D eigenvalue weighted by Gasteiger charge is -2.34. The highest BCUT2D eigenvalue weighted by Crippen LogP contribution is 2.32. The Hall–Kier alpha value is -1.08. The Balaban J connectivity index is 1.70. The van der Waals surface area contributed by atoms with Gasteiger partial charge in [-0.15, -0.1) is 10.2 Å². The number of aryl methyl sites for hydroxylation is 1. The van der Waals surface area contributed by atoms with Crippen LogP contribution in [0.1, 0.15) is 37.6 Å². The zero-order valence-corrected chi connectivity index (χ0v) is 13.4. The van der Waals surface area contributed by atoms with Gasteiger partial charge in [0.15, 0.2) is 0 Å². The second-order valence-corrected chi connectivity index (χ2v) is 6.90. The average molecular weight is 310 g/mol. The highest BCUT2D eigenvalue weighted by Gasteiger charge is 2.37. The molecule has 0 aromatic carbocycles. The molecule has 7 heteroatoms. The first-order valence-electron chi connectivity index (χ1n) is 7.59. The summed E-state index contributed by atoms with van der Waals surface area (Å²) in [6.45, 7) is 6.59. The molecule has 3 rings (SSSR count). The SMILES string of the molecule is Cc1nnc([C@H]2CCCN2C(=O)[C@H](C)N2CCSCC2)o1. The average Bonchev–Trinajstić information content (AvgIpc) is 3.15. The molecular formula is C14H22N4O2S. The third-order valence-electron chi connectivity index (χ3n) is 4.31. The molecule has 2 aliphatic heterocycles. The minimum absolute atomic E-state index is 0.0414. The van der Waals surface area contributed by atoms with Crippen LogP contribution in [0.3, 0.4) is 0 Å². The predicted molar refractivity (Wildman–Crippen MR) is 81.1 cm³/mol. The second kappa shape index (κ2) is 6.36. The summed E-state index contributed by atoms with van der Waals surface area (Å²) in [5.74, 6) is 3.57. The number of amides is 1. The van der Waals surface area contributed by atoms with E-state index in [1.54, 1.807) is 6.92 Å². The number of hydrogen-bond donors (Lipinski definition) is 0. The molecule has 116 valence electrons. The topological polar surface area (TPSA) is 62.5 Å². The van der Waals surface area contributed by atoms with Crippen LogP contribution in [-0.2, 0) is 4.79 Å². The van der Waals surface area contributed by atoms with Crippen molar-refractivity contribution in [3.8, 4) is 0 Å². The minimum Gasteiger partial charge on any atom is -0.423 e. The van der Waals surface area contributed by atoms with Gasteiger partial charge in [0.25, 0.3) is 0 Å². The Morgan fingerprint density at radius 1 is 1.33 bits per heavy atom. The minimum atomic E-state index is -0.0597. The van der Waals surface area contributed by atoms with Gasteiger partial charge >= 0.3 is 0 Å². The molecule has 2 aliphatic rings. The van der Waals surface area contributed by atoms with Gasteiger partial charge in [-0.25, -0.2) is 0 Å².